The zero-order valence-electron chi connectivity index (χ0n) is 11.0. The largest absolute Gasteiger partial charge is 0.397 e. The fourth-order valence-corrected chi connectivity index (χ4v) is 1.18. The van der Waals surface area contributed by atoms with E-state index in [1.807, 2.05) is 0 Å². The molecule has 0 radical (unpaired) electrons. The number of aliphatic hydroxyl groups is 1. The van der Waals surface area contributed by atoms with E-state index in [9.17, 15) is 0 Å². The standard InChI is InChI=1S/C6H15N.C4H8O.C2H6O/c1-4-7(5-2)6-3;1-2-4-5-3-1;1-2-3/h4-6H2,1-3H3;1-4H2;3H,2H2,1H3. The molecule has 0 atom stereocenters. The molecule has 0 amide bonds. The van der Waals surface area contributed by atoms with Gasteiger partial charge in [0.2, 0.25) is 0 Å². The number of hydrogen-bond donors (Lipinski definition) is 1. The first-order chi connectivity index (χ1) is 7.26. The van der Waals surface area contributed by atoms with Crippen molar-refractivity contribution in [2.75, 3.05) is 39.5 Å². The van der Waals surface area contributed by atoms with E-state index in [0.717, 1.165) is 13.2 Å². The number of hydrogen-bond acceptors (Lipinski definition) is 3. The molecule has 15 heavy (non-hydrogen) atoms. The minimum atomic E-state index is 0.250. The van der Waals surface area contributed by atoms with Gasteiger partial charge >= 0.3 is 0 Å². The van der Waals surface area contributed by atoms with Gasteiger partial charge in [-0.2, -0.15) is 0 Å². The van der Waals surface area contributed by atoms with E-state index in [0.29, 0.717) is 0 Å². The summed E-state index contributed by atoms with van der Waals surface area (Å²) >= 11 is 0. The Bertz CT molecular complexity index is 78.5. The van der Waals surface area contributed by atoms with Crippen LogP contribution in [0.15, 0.2) is 0 Å². The molecule has 0 spiro atoms. The third kappa shape index (κ3) is 16.5. The van der Waals surface area contributed by atoms with Gasteiger partial charge < -0.3 is 14.7 Å². The fraction of sp³-hybridized carbons (Fsp3) is 1.00. The lowest BCUT2D eigenvalue weighted by Gasteiger charge is -2.13. The van der Waals surface area contributed by atoms with Crippen LogP contribution in [0.25, 0.3) is 0 Å². The predicted octanol–water partition coefficient (Wildman–Crippen LogP) is 2.14. The Morgan fingerprint density at radius 2 is 1.27 bits per heavy atom. The monoisotopic (exact) mass is 219 g/mol. The summed E-state index contributed by atoms with van der Waals surface area (Å²) in [6.07, 6.45) is 2.56. The molecule has 3 heteroatoms. The predicted molar refractivity (Wildman–Crippen MR) is 66.3 cm³/mol. The summed E-state index contributed by atoms with van der Waals surface area (Å²) in [6, 6.07) is 0. The Morgan fingerprint density at radius 1 is 0.933 bits per heavy atom. The number of aliphatic hydroxyl groups excluding tert-OH is 1. The van der Waals surface area contributed by atoms with Crippen molar-refractivity contribution in [3.8, 4) is 0 Å². The highest BCUT2D eigenvalue weighted by Crippen LogP contribution is 1.98. The normalized spacial score (nSPS) is 14.0. The van der Waals surface area contributed by atoms with Crippen LogP contribution in [0.4, 0.5) is 0 Å². The van der Waals surface area contributed by atoms with Crippen molar-refractivity contribution in [1.82, 2.24) is 4.90 Å². The van der Waals surface area contributed by atoms with E-state index in [1.54, 1.807) is 6.92 Å². The van der Waals surface area contributed by atoms with Crippen molar-refractivity contribution in [3.05, 3.63) is 0 Å². The van der Waals surface area contributed by atoms with Gasteiger partial charge in [0.25, 0.3) is 0 Å². The molecule has 1 rings (SSSR count). The van der Waals surface area contributed by atoms with Crippen molar-refractivity contribution >= 4 is 0 Å². The Balaban J connectivity index is 0. The highest BCUT2D eigenvalue weighted by molar-refractivity contribution is 4.44. The molecule has 0 aliphatic carbocycles. The Morgan fingerprint density at radius 3 is 1.33 bits per heavy atom. The molecule has 1 saturated heterocycles. The number of rotatable bonds is 3. The van der Waals surface area contributed by atoms with Crippen LogP contribution in [0, 0.1) is 0 Å². The zero-order chi connectivity index (χ0) is 11.9. The van der Waals surface area contributed by atoms with Crippen molar-refractivity contribution in [3.63, 3.8) is 0 Å². The molecule has 0 aromatic carbocycles. The van der Waals surface area contributed by atoms with Crippen LogP contribution >= 0.6 is 0 Å². The molecular formula is C12H29NO2. The van der Waals surface area contributed by atoms with E-state index in [4.69, 9.17) is 9.84 Å². The minimum absolute atomic E-state index is 0.250. The van der Waals surface area contributed by atoms with Gasteiger partial charge in [-0.3, -0.25) is 0 Å². The van der Waals surface area contributed by atoms with E-state index in [-0.39, 0.29) is 6.61 Å². The molecule has 0 bridgehead atoms. The Kier molecular flexibility index (Phi) is 18.8. The van der Waals surface area contributed by atoms with Crippen LogP contribution in [0.2, 0.25) is 0 Å². The molecule has 0 unspecified atom stereocenters. The lowest BCUT2D eigenvalue weighted by atomic mass is 10.4. The molecule has 1 aliphatic heterocycles. The van der Waals surface area contributed by atoms with Crippen molar-refractivity contribution in [2.45, 2.75) is 40.5 Å². The zero-order valence-corrected chi connectivity index (χ0v) is 11.0. The lowest BCUT2D eigenvalue weighted by Crippen LogP contribution is -2.21. The highest BCUT2D eigenvalue weighted by Gasteiger charge is 1.94. The molecule has 0 aromatic heterocycles. The summed E-state index contributed by atoms with van der Waals surface area (Å²) in [5, 5.41) is 7.57. The van der Waals surface area contributed by atoms with Crippen LogP contribution in [-0.2, 0) is 4.74 Å². The van der Waals surface area contributed by atoms with Gasteiger partial charge in [0.1, 0.15) is 0 Å². The van der Waals surface area contributed by atoms with Crippen molar-refractivity contribution in [1.29, 1.82) is 0 Å². The summed E-state index contributed by atoms with van der Waals surface area (Å²) in [6.45, 7) is 14.1. The summed E-state index contributed by atoms with van der Waals surface area (Å²) in [7, 11) is 0. The molecule has 1 N–H and O–H groups in total. The van der Waals surface area contributed by atoms with E-state index in [1.165, 1.54) is 32.5 Å². The Labute approximate surface area is 95.4 Å². The average Bonchev–Trinajstić information content (AvgIpc) is 2.80. The summed E-state index contributed by atoms with van der Waals surface area (Å²) < 4.78 is 4.94. The second-order valence-corrected chi connectivity index (χ2v) is 3.26. The first-order valence-corrected chi connectivity index (χ1v) is 6.17. The van der Waals surface area contributed by atoms with Crippen LogP contribution in [-0.4, -0.2) is 49.5 Å². The third-order valence-electron chi connectivity index (χ3n) is 2.17. The topological polar surface area (TPSA) is 32.7 Å². The van der Waals surface area contributed by atoms with E-state index >= 15 is 0 Å². The van der Waals surface area contributed by atoms with Crippen molar-refractivity contribution < 1.29 is 9.84 Å². The minimum Gasteiger partial charge on any atom is -0.397 e. The first-order valence-electron chi connectivity index (χ1n) is 6.17. The summed E-state index contributed by atoms with van der Waals surface area (Å²) in [4.78, 5) is 2.38. The van der Waals surface area contributed by atoms with Gasteiger partial charge in [-0.15, -0.1) is 0 Å². The van der Waals surface area contributed by atoms with Gasteiger partial charge in [0.15, 0.2) is 0 Å². The third-order valence-corrected chi connectivity index (χ3v) is 2.17. The van der Waals surface area contributed by atoms with Crippen LogP contribution in [0.5, 0.6) is 0 Å². The molecular weight excluding hydrogens is 190 g/mol. The van der Waals surface area contributed by atoms with Gasteiger partial charge in [-0.05, 0) is 39.4 Å². The van der Waals surface area contributed by atoms with Gasteiger partial charge in [0, 0.05) is 19.8 Å². The van der Waals surface area contributed by atoms with Crippen LogP contribution in [0.3, 0.4) is 0 Å². The SMILES string of the molecule is C1CCOC1.CCN(CC)CC.CCO. The fourth-order valence-electron chi connectivity index (χ4n) is 1.18. The number of ether oxygens (including phenoxy) is 1. The molecule has 1 aliphatic rings. The molecule has 1 heterocycles. The maximum Gasteiger partial charge on any atom is 0.0466 e. The van der Waals surface area contributed by atoms with Gasteiger partial charge in [-0.25, -0.2) is 0 Å². The quantitative estimate of drug-likeness (QED) is 0.789. The molecule has 94 valence electrons. The smallest absolute Gasteiger partial charge is 0.0466 e. The average molecular weight is 219 g/mol. The summed E-state index contributed by atoms with van der Waals surface area (Å²) in [5.41, 5.74) is 0. The maximum atomic E-state index is 7.57. The molecule has 0 saturated carbocycles. The Hall–Kier alpha value is -0.120. The van der Waals surface area contributed by atoms with Crippen LogP contribution < -0.4 is 0 Å². The van der Waals surface area contributed by atoms with Crippen molar-refractivity contribution in [2.24, 2.45) is 0 Å². The lowest BCUT2D eigenvalue weighted by molar-refractivity contribution is 0.198. The second-order valence-electron chi connectivity index (χ2n) is 3.26. The second kappa shape index (κ2) is 16.3. The molecule has 1 fully saturated rings. The molecule has 3 nitrogen and oxygen atoms in total. The first kappa shape index (κ1) is 17.3. The molecule has 0 aromatic rings. The summed E-state index contributed by atoms with van der Waals surface area (Å²) in [5.74, 6) is 0. The maximum absolute atomic E-state index is 7.57. The van der Waals surface area contributed by atoms with E-state index < -0.39 is 0 Å². The number of nitrogens with zero attached hydrogens (tertiary/aromatic N) is 1. The van der Waals surface area contributed by atoms with Gasteiger partial charge in [0.05, 0.1) is 0 Å². The van der Waals surface area contributed by atoms with E-state index in [2.05, 4.69) is 25.7 Å². The highest BCUT2D eigenvalue weighted by atomic mass is 16.5. The van der Waals surface area contributed by atoms with Gasteiger partial charge in [-0.1, -0.05) is 20.8 Å². The van der Waals surface area contributed by atoms with Crippen LogP contribution in [0.1, 0.15) is 40.5 Å².